The number of guanidine groups is 1. The van der Waals surface area contributed by atoms with E-state index in [2.05, 4.69) is 27.8 Å². The third-order valence-electron chi connectivity index (χ3n) is 4.22. The topological polar surface area (TPSA) is 54.9 Å². The zero-order valence-electron chi connectivity index (χ0n) is 13.6. The molecule has 2 aliphatic rings. The van der Waals surface area contributed by atoms with Crippen LogP contribution in [-0.2, 0) is 11.2 Å². The number of rotatable bonds is 5. The first kappa shape index (κ1) is 18.3. The molecule has 0 spiro atoms. The van der Waals surface area contributed by atoms with Crippen molar-refractivity contribution in [2.24, 2.45) is 4.99 Å². The molecule has 2 heterocycles. The third-order valence-corrected chi connectivity index (χ3v) is 4.22. The number of aliphatic imine (C=N–C) groups is 1. The minimum absolute atomic E-state index is 0. The fourth-order valence-corrected chi connectivity index (χ4v) is 3.02. The van der Waals surface area contributed by atoms with E-state index in [1.165, 1.54) is 18.4 Å². The molecule has 1 saturated heterocycles. The molecular weight excluding hydrogens is 405 g/mol. The third kappa shape index (κ3) is 5.24. The molecule has 0 amide bonds. The monoisotopic (exact) mass is 431 g/mol. The second-order valence-electron chi connectivity index (χ2n) is 5.86. The maximum absolute atomic E-state index is 5.92. The summed E-state index contributed by atoms with van der Waals surface area (Å²) in [5, 5.41) is 6.69. The lowest BCUT2D eigenvalue weighted by molar-refractivity contribution is 0.105. The van der Waals surface area contributed by atoms with Crippen LogP contribution in [-0.4, -0.2) is 44.9 Å². The quantitative estimate of drug-likeness (QED) is 0.427. The Balaban J connectivity index is 0.00000192. The van der Waals surface area contributed by atoms with E-state index >= 15 is 0 Å². The van der Waals surface area contributed by atoms with Gasteiger partial charge in [0, 0.05) is 26.6 Å². The second-order valence-corrected chi connectivity index (χ2v) is 5.86. The summed E-state index contributed by atoms with van der Waals surface area (Å²) in [4.78, 5) is 4.26. The average Bonchev–Trinajstić information content (AvgIpc) is 3.19. The summed E-state index contributed by atoms with van der Waals surface area (Å²) in [5.41, 5.74) is 1.29. The highest BCUT2D eigenvalue weighted by Crippen LogP contribution is 2.27. The van der Waals surface area contributed by atoms with Gasteiger partial charge in [-0.25, -0.2) is 0 Å². The van der Waals surface area contributed by atoms with E-state index in [1.807, 2.05) is 12.1 Å². The largest absolute Gasteiger partial charge is 0.488 e. The molecule has 1 fully saturated rings. The first-order valence-electron chi connectivity index (χ1n) is 8.16. The molecule has 6 heteroatoms. The van der Waals surface area contributed by atoms with E-state index in [-0.39, 0.29) is 30.1 Å². The van der Waals surface area contributed by atoms with Gasteiger partial charge in [-0.2, -0.15) is 0 Å². The summed E-state index contributed by atoms with van der Waals surface area (Å²) in [6.07, 6.45) is 4.95. The number of hydrogen-bond donors (Lipinski definition) is 2. The number of halogens is 1. The molecule has 2 aliphatic heterocycles. The summed E-state index contributed by atoms with van der Waals surface area (Å²) in [5.74, 6) is 1.84. The number of hydrogen-bond acceptors (Lipinski definition) is 3. The molecule has 0 saturated carbocycles. The van der Waals surface area contributed by atoms with Gasteiger partial charge in [0.15, 0.2) is 5.96 Å². The van der Waals surface area contributed by atoms with E-state index in [9.17, 15) is 0 Å². The van der Waals surface area contributed by atoms with E-state index in [4.69, 9.17) is 9.47 Å². The van der Waals surface area contributed by atoms with Crippen LogP contribution in [0.1, 0.15) is 24.8 Å². The Morgan fingerprint density at radius 2 is 2.13 bits per heavy atom. The van der Waals surface area contributed by atoms with Gasteiger partial charge in [-0.05, 0) is 30.9 Å². The molecular formula is C17H26IN3O2. The lowest BCUT2D eigenvalue weighted by Gasteiger charge is -2.16. The molecule has 0 bridgehead atoms. The number of benzene rings is 1. The Morgan fingerprint density at radius 1 is 1.26 bits per heavy atom. The van der Waals surface area contributed by atoms with Crippen LogP contribution in [0.3, 0.4) is 0 Å². The van der Waals surface area contributed by atoms with Crippen molar-refractivity contribution in [1.82, 2.24) is 10.6 Å². The zero-order chi connectivity index (χ0) is 15.2. The molecule has 0 aromatic heterocycles. The Kier molecular flexibility index (Phi) is 7.42. The summed E-state index contributed by atoms with van der Waals surface area (Å²) in [6.45, 7) is 2.56. The van der Waals surface area contributed by atoms with Crippen LogP contribution < -0.4 is 15.4 Å². The normalized spacial score (nSPS) is 22.9. The predicted octanol–water partition coefficient (Wildman–Crippen LogP) is 2.34. The fraction of sp³-hybridized carbons (Fsp3) is 0.588. The van der Waals surface area contributed by atoms with Crippen molar-refractivity contribution in [2.75, 3.05) is 26.7 Å². The van der Waals surface area contributed by atoms with Crippen molar-refractivity contribution in [3.05, 3.63) is 29.8 Å². The fourth-order valence-electron chi connectivity index (χ4n) is 3.02. The van der Waals surface area contributed by atoms with Crippen molar-refractivity contribution in [2.45, 2.75) is 37.9 Å². The number of fused-ring (bicyclic) bond motifs is 1. The summed E-state index contributed by atoms with van der Waals surface area (Å²) >= 11 is 0. The average molecular weight is 431 g/mol. The first-order chi connectivity index (χ1) is 10.8. The van der Waals surface area contributed by atoms with Gasteiger partial charge in [-0.3, -0.25) is 4.99 Å². The smallest absolute Gasteiger partial charge is 0.191 e. The minimum Gasteiger partial charge on any atom is -0.488 e. The Hall–Kier alpha value is -1.02. The Bertz CT molecular complexity index is 493. The van der Waals surface area contributed by atoms with Crippen molar-refractivity contribution in [1.29, 1.82) is 0 Å². The predicted molar refractivity (Wildman–Crippen MR) is 103 cm³/mol. The second kappa shape index (κ2) is 9.32. The molecule has 2 N–H and O–H groups in total. The number of para-hydroxylation sites is 1. The van der Waals surface area contributed by atoms with E-state index in [1.54, 1.807) is 7.05 Å². The van der Waals surface area contributed by atoms with Crippen molar-refractivity contribution in [3.63, 3.8) is 0 Å². The molecule has 2 unspecified atom stereocenters. The van der Waals surface area contributed by atoms with Crippen LogP contribution in [0.2, 0.25) is 0 Å². The van der Waals surface area contributed by atoms with E-state index < -0.39 is 0 Å². The molecule has 1 aromatic rings. The number of nitrogens with one attached hydrogen (secondary N) is 2. The summed E-state index contributed by atoms with van der Waals surface area (Å²) in [6, 6.07) is 8.23. The highest BCUT2D eigenvalue weighted by Gasteiger charge is 2.22. The van der Waals surface area contributed by atoms with Gasteiger partial charge in [-0.1, -0.05) is 18.2 Å². The first-order valence-corrected chi connectivity index (χ1v) is 8.16. The summed E-state index contributed by atoms with van der Waals surface area (Å²) in [7, 11) is 1.80. The number of ether oxygens (including phenoxy) is 2. The maximum Gasteiger partial charge on any atom is 0.191 e. The lowest BCUT2D eigenvalue weighted by atomic mass is 10.1. The van der Waals surface area contributed by atoms with Gasteiger partial charge in [0.1, 0.15) is 11.9 Å². The lowest BCUT2D eigenvalue weighted by Crippen LogP contribution is -2.43. The van der Waals surface area contributed by atoms with E-state index in [0.29, 0.717) is 6.10 Å². The van der Waals surface area contributed by atoms with Crippen molar-refractivity contribution >= 4 is 29.9 Å². The van der Waals surface area contributed by atoms with Crippen molar-refractivity contribution < 1.29 is 9.47 Å². The Labute approximate surface area is 155 Å². The standard InChI is InChI=1S/C17H25N3O2.HI/c1-18-17(19-9-8-14-6-4-10-21-14)20-12-15-11-13-5-2-3-7-16(13)22-15;/h2-3,5,7,14-15H,4,6,8-12H2,1H3,(H2,18,19,20);1H. The van der Waals surface area contributed by atoms with Crippen molar-refractivity contribution in [3.8, 4) is 5.75 Å². The Morgan fingerprint density at radius 3 is 2.87 bits per heavy atom. The van der Waals surface area contributed by atoms with Gasteiger partial charge in [0.05, 0.1) is 12.6 Å². The SMILES string of the molecule is CN=C(NCCC1CCCO1)NCC1Cc2ccccc2O1.I. The molecule has 23 heavy (non-hydrogen) atoms. The molecule has 3 rings (SSSR count). The molecule has 0 radical (unpaired) electrons. The van der Waals surface area contributed by atoms with Crippen LogP contribution in [0, 0.1) is 0 Å². The molecule has 1 aromatic carbocycles. The van der Waals surface area contributed by atoms with Crippen LogP contribution in [0.5, 0.6) is 5.75 Å². The maximum atomic E-state index is 5.92. The van der Waals surface area contributed by atoms with Crippen LogP contribution in [0.4, 0.5) is 0 Å². The molecule has 2 atom stereocenters. The highest BCUT2D eigenvalue weighted by molar-refractivity contribution is 14.0. The zero-order valence-corrected chi connectivity index (χ0v) is 15.9. The highest BCUT2D eigenvalue weighted by atomic mass is 127. The van der Waals surface area contributed by atoms with Crippen LogP contribution in [0.25, 0.3) is 0 Å². The van der Waals surface area contributed by atoms with Gasteiger partial charge < -0.3 is 20.1 Å². The van der Waals surface area contributed by atoms with Gasteiger partial charge in [0.2, 0.25) is 0 Å². The molecule has 0 aliphatic carbocycles. The van der Waals surface area contributed by atoms with Crippen LogP contribution in [0.15, 0.2) is 29.3 Å². The molecule has 128 valence electrons. The van der Waals surface area contributed by atoms with Crippen LogP contribution >= 0.6 is 24.0 Å². The van der Waals surface area contributed by atoms with E-state index in [0.717, 1.165) is 44.2 Å². The number of nitrogens with zero attached hydrogens (tertiary/aromatic N) is 1. The molecule has 5 nitrogen and oxygen atoms in total. The van der Waals surface area contributed by atoms with Gasteiger partial charge >= 0.3 is 0 Å². The van der Waals surface area contributed by atoms with Gasteiger partial charge in [0.25, 0.3) is 0 Å². The van der Waals surface area contributed by atoms with Gasteiger partial charge in [-0.15, -0.1) is 24.0 Å². The minimum atomic E-state index is 0. The summed E-state index contributed by atoms with van der Waals surface area (Å²) < 4.78 is 11.5.